The van der Waals surface area contributed by atoms with Gasteiger partial charge in [-0.2, -0.15) is 5.26 Å². The molecule has 0 spiro atoms. The number of hydrogen-bond acceptors (Lipinski definition) is 4. The van der Waals surface area contributed by atoms with Crippen molar-refractivity contribution >= 4 is 5.69 Å². The molecule has 1 aliphatic rings. The van der Waals surface area contributed by atoms with Crippen molar-refractivity contribution in [2.75, 3.05) is 18.0 Å². The van der Waals surface area contributed by atoms with Crippen LogP contribution in [0.25, 0.3) is 0 Å². The van der Waals surface area contributed by atoms with Crippen LogP contribution in [0.15, 0.2) is 42.5 Å². The van der Waals surface area contributed by atoms with E-state index in [0.29, 0.717) is 37.4 Å². The SMILES string of the molecule is C[C@@H]1CN(c2ccc(CNCc3ccc(C#N)cc3)cc2F)C[C@@H](C)O1. The van der Waals surface area contributed by atoms with Crippen LogP contribution in [0.5, 0.6) is 0 Å². The van der Waals surface area contributed by atoms with E-state index in [0.717, 1.165) is 11.1 Å². The molecule has 1 saturated heterocycles. The lowest BCUT2D eigenvalue weighted by Gasteiger charge is -2.37. The summed E-state index contributed by atoms with van der Waals surface area (Å²) in [5.74, 6) is -0.191. The van der Waals surface area contributed by atoms with Crippen LogP contribution in [-0.4, -0.2) is 25.3 Å². The standard InChI is InChI=1S/C21H24FN3O/c1-15-13-25(14-16(2)26-15)21-8-7-19(9-20(21)22)12-24-11-18-5-3-17(10-23)4-6-18/h3-9,15-16,24H,11-14H2,1-2H3/t15-,16-/m1/s1. The molecule has 2 atom stereocenters. The van der Waals surface area contributed by atoms with Crippen molar-refractivity contribution in [1.29, 1.82) is 5.26 Å². The number of nitrogens with zero attached hydrogens (tertiary/aromatic N) is 2. The smallest absolute Gasteiger partial charge is 0.146 e. The van der Waals surface area contributed by atoms with Crippen LogP contribution in [0.1, 0.15) is 30.5 Å². The number of nitriles is 1. The molecule has 2 aromatic rings. The normalized spacial score (nSPS) is 20.0. The molecule has 26 heavy (non-hydrogen) atoms. The summed E-state index contributed by atoms with van der Waals surface area (Å²) >= 11 is 0. The Morgan fingerprint density at radius 2 is 1.69 bits per heavy atom. The lowest BCUT2D eigenvalue weighted by atomic mass is 10.1. The Morgan fingerprint density at radius 1 is 1.08 bits per heavy atom. The van der Waals surface area contributed by atoms with E-state index in [9.17, 15) is 4.39 Å². The van der Waals surface area contributed by atoms with Gasteiger partial charge in [0.2, 0.25) is 0 Å². The topological polar surface area (TPSA) is 48.3 Å². The van der Waals surface area contributed by atoms with E-state index in [1.165, 1.54) is 0 Å². The van der Waals surface area contributed by atoms with Gasteiger partial charge in [-0.25, -0.2) is 4.39 Å². The molecule has 1 fully saturated rings. The van der Waals surface area contributed by atoms with Crippen molar-refractivity contribution < 1.29 is 9.13 Å². The summed E-state index contributed by atoms with van der Waals surface area (Å²) in [5.41, 5.74) is 3.30. The van der Waals surface area contributed by atoms with Crippen molar-refractivity contribution in [1.82, 2.24) is 5.32 Å². The lowest BCUT2D eigenvalue weighted by molar-refractivity contribution is -0.00539. The van der Waals surface area contributed by atoms with Crippen LogP contribution in [-0.2, 0) is 17.8 Å². The van der Waals surface area contributed by atoms with E-state index >= 15 is 0 Å². The second kappa shape index (κ2) is 8.31. The van der Waals surface area contributed by atoms with Crippen LogP contribution in [0, 0.1) is 17.1 Å². The van der Waals surface area contributed by atoms with Gasteiger partial charge in [0.15, 0.2) is 0 Å². The highest BCUT2D eigenvalue weighted by molar-refractivity contribution is 5.50. The van der Waals surface area contributed by atoms with Crippen molar-refractivity contribution in [3.63, 3.8) is 0 Å². The molecular formula is C21H24FN3O. The van der Waals surface area contributed by atoms with Crippen LogP contribution in [0.4, 0.5) is 10.1 Å². The zero-order valence-corrected chi connectivity index (χ0v) is 15.2. The third-order valence-corrected chi connectivity index (χ3v) is 4.51. The maximum atomic E-state index is 14.6. The number of morpholine rings is 1. The summed E-state index contributed by atoms with van der Waals surface area (Å²) in [5, 5.41) is 12.1. The minimum absolute atomic E-state index is 0.104. The molecule has 0 aromatic heterocycles. The molecular weight excluding hydrogens is 329 g/mol. The molecule has 136 valence electrons. The second-order valence-corrected chi connectivity index (χ2v) is 6.86. The number of nitrogens with one attached hydrogen (secondary N) is 1. The summed E-state index contributed by atoms with van der Waals surface area (Å²) in [7, 11) is 0. The molecule has 5 heteroatoms. The predicted octanol–water partition coefficient (Wildman–Crippen LogP) is 3.60. The molecule has 4 nitrogen and oxygen atoms in total. The molecule has 0 unspecified atom stereocenters. The zero-order valence-electron chi connectivity index (χ0n) is 15.2. The monoisotopic (exact) mass is 353 g/mol. The number of halogens is 1. The summed E-state index contributed by atoms with van der Waals surface area (Å²) in [4.78, 5) is 2.06. The van der Waals surface area contributed by atoms with Gasteiger partial charge in [-0.3, -0.25) is 0 Å². The fraction of sp³-hybridized carbons (Fsp3) is 0.381. The molecule has 1 N–H and O–H groups in total. The van der Waals surface area contributed by atoms with Crippen LogP contribution < -0.4 is 10.2 Å². The number of rotatable bonds is 5. The minimum atomic E-state index is -0.191. The Balaban J connectivity index is 1.58. The highest BCUT2D eigenvalue weighted by Gasteiger charge is 2.24. The van der Waals surface area contributed by atoms with Gasteiger partial charge < -0.3 is 15.0 Å². The van der Waals surface area contributed by atoms with Gasteiger partial charge in [0.1, 0.15) is 5.82 Å². The first-order valence-electron chi connectivity index (χ1n) is 8.93. The predicted molar refractivity (Wildman–Crippen MR) is 100 cm³/mol. The van der Waals surface area contributed by atoms with E-state index in [4.69, 9.17) is 10.00 Å². The molecule has 0 saturated carbocycles. The second-order valence-electron chi connectivity index (χ2n) is 6.86. The van der Waals surface area contributed by atoms with E-state index < -0.39 is 0 Å². The molecule has 3 rings (SSSR count). The number of anilines is 1. The van der Waals surface area contributed by atoms with Gasteiger partial charge >= 0.3 is 0 Å². The van der Waals surface area contributed by atoms with Crippen LogP contribution >= 0.6 is 0 Å². The molecule has 1 heterocycles. The van der Waals surface area contributed by atoms with Crippen molar-refractivity contribution in [3.8, 4) is 6.07 Å². The van der Waals surface area contributed by atoms with Gasteiger partial charge in [0, 0.05) is 26.2 Å². The van der Waals surface area contributed by atoms with Crippen molar-refractivity contribution in [2.24, 2.45) is 0 Å². The maximum absolute atomic E-state index is 14.6. The highest BCUT2D eigenvalue weighted by atomic mass is 19.1. The van der Waals surface area contributed by atoms with Crippen LogP contribution in [0.3, 0.4) is 0 Å². The van der Waals surface area contributed by atoms with E-state index in [-0.39, 0.29) is 18.0 Å². The van der Waals surface area contributed by atoms with Gasteiger partial charge in [-0.05, 0) is 49.2 Å². The maximum Gasteiger partial charge on any atom is 0.146 e. The van der Waals surface area contributed by atoms with Gasteiger partial charge in [-0.15, -0.1) is 0 Å². The average Bonchev–Trinajstić information content (AvgIpc) is 2.61. The highest BCUT2D eigenvalue weighted by Crippen LogP contribution is 2.24. The van der Waals surface area contributed by atoms with E-state index in [2.05, 4.69) is 16.3 Å². The Morgan fingerprint density at radius 3 is 2.31 bits per heavy atom. The average molecular weight is 353 g/mol. The molecule has 0 radical (unpaired) electrons. The Labute approximate surface area is 154 Å². The molecule has 1 aliphatic heterocycles. The Hall–Kier alpha value is -2.42. The van der Waals surface area contributed by atoms with Crippen LogP contribution in [0.2, 0.25) is 0 Å². The summed E-state index contributed by atoms with van der Waals surface area (Å²) in [6.07, 6.45) is 0.207. The molecule has 0 bridgehead atoms. The molecule has 0 amide bonds. The largest absolute Gasteiger partial charge is 0.372 e. The van der Waals surface area contributed by atoms with E-state index in [1.54, 1.807) is 18.2 Å². The van der Waals surface area contributed by atoms with Crippen molar-refractivity contribution in [2.45, 2.75) is 39.1 Å². The third-order valence-electron chi connectivity index (χ3n) is 4.51. The fourth-order valence-electron chi connectivity index (χ4n) is 3.34. The summed E-state index contributed by atoms with van der Waals surface area (Å²) in [6.45, 7) is 6.71. The van der Waals surface area contributed by atoms with Crippen molar-refractivity contribution in [3.05, 3.63) is 65.0 Å². The quantitative estimate of drug-likeness (QED) is 0.892. The number of hydrogen-bond donors (Lipinski definition) is 1. The van der Waals surface area contributed by atoms with E-state index in [1.807, 2.05) is 38.1 Å². The summed E-state index contributed by atoms with van der Waals surface area (Å²) in [6, 6.07) is 15.0. The zero-order chi connectivity index (χ0) is 18.5. The Bertz CT molecular complexity index is 775. The summed E-state index contributed by atoms with van der Waals surface area (Å²) < 4.78 is 20.3. The molecule has 0 aliphatic carbocycles. The van der Waals surface area contributed by atoms with Gasteiger partial charge in [0.05, 0.1) is 29.5 Å². The van der Waals surface area contributed by atoms with Gasteiger partial charge in [0.25, 0.3) is 0 Å². The Kier molecular flexibility index (Phi) is 5.87. The first-order valence-corrected chi connectivity index (χ1v) is 8.93. The first-order chi connectivity index (χ1) is 12.5. The fourth-order valence-corrected chi connectivity index (χ4v) is 3.34. The third kappa shape index (κ3) is 4.60. The minimum Gasteiger partial charge on any atom is -0.372 e. The lowest BCUT2D eigenvalue weighted by Crippen LogP contribution is -2.45. The van der Waals surface area contributed by atoms with Gasteiger partial charge in [-0.1, -0.05) is 18.2 Å². The molecule has 2 aromatic carbocycles. The number of benzene rings is 2. The first kappa shape index (κ1) is 18.4. The number of ether oxygens (including phenoxy) is 1.